The molecule has 4 nitrogen and oxygen atoms in total. The molecule has 0 aromatic heterocycles. The van der Waals surface area contributed by atoms with E-state index in [2.05, 4.69) is 5.32 Å². The van der Waals surface area contributed by atoms with Gasteiger partial charge >= 0.3 is 0 Å². The van der Waals surface area contributed by atoms with E-state index >= 15 is 0 Å². The molecule has 0 atom stereocenters. The molecule has 104 valence electrons. The maximum absolute atomic E-state index is 12.0. The molecule has 1 amide bonds. The van der Waals surface area contributed by atoms with Gasteiger partial charge in [-0.15, -0.1) is 0 Å². The van der Waals surface area contributed by atoms with Gasteiger partial charge in [0, 0.05) is 12.2 Å². The number of carbonyl (C=O) groups is 1. The molecule has 0 aliphatic heterocycles. The quantitative estimate of drug-likeness (QED) is 0.644. The van der Waals surface area contributed by atoms with Crippen molar-refractivity contribution < 1.29 is 9.53 Å². The van der Waals surface area contributed by atoms with Crippen LogP contribution >= 0.6 is 11.6 Å². The number of amides is 1. The molecule has 1 fully saturated rings. The Morgan fingerprint density at radius 3 is 2.84 bits per heavy atom. The fourth-order valence-electron chi connectivity index (χ4n) is 2.31. The van der Waals surface area contributed by atoms with Crippen LogP contribution in [-0.2, 0) is 4.74 Å². The Kier molecular flexibility index (Phi) is 5.05. The van der Waals surface area contributed by atoms with Gasteiger partial charge in [-0.1, -0.05) is 30.5 Å². The lowest BCUT2D eigenvalue weighted by Gasteiger charge is -2.12. The highest BCUT2D eigenvalue weighted by molar-refractivity contribution is 6.34. The minimum atomic E-state index is -0.252. The second-order valence-electron chi connectivity index (χ2n) is 4.74. The van der Waals surface area contributed by atoms with Gasteiger partial charge < -0.3 is 15.8 Å². The van der Waals surface area contributed by atoms with E-state index in [1.807, 2.05) is 0 Å². The minimum Gasteiger partial charge on any atom is -0.398 e. The molecule has 5 heteroatoms. The monoisotopic (exact) mass is 282 g/mol. The average Bonchev–Trinajstić information content (AvgIpc) is 2.87. The van der Waals surface area contributed by atoms with Gasteiger partial charge in [0.15, 0.2) is 0 Å². The molecule has 0 spiro atoms. The van der Waals surface area contributed by atoms with Crippen molar-refractivity contribution >= 4 is 23.2 Å². The van der Waals surface area contributed by atoms with E-state index in [0.29, 0.717) is 35.5 Å². The topological polar surface area (TPSA) is 64.4 Å². The molecule has 2 rings (SSSR count). The van der Waals surface area contributed by atoms with Gasteiger partial charge in [-0.2, -0.15) is 0 Å². The van der Waals surface area contributed by atoms with Crippen LogP contribution in [0.4, 0.5) is 5.69 Å². The van der Waals surface area contributed by atoms with Gasteiger partial charge in [-0.3, -0.25) is 4.79 Å². The molecule has 0 saturated heterocycles. The Morgan fingerprint density at radius 2 is 2.16 bits per heavy atom. The number of hydrogen-bond acceptors (Lipinski definition) is 3. The Balaban J connectivity index is 1.77. The predicted molar refractivity (Wildman–Crippen MR) is 76.4 cm³/mol. The fraction of sp³-hybridized carbons (Fsp3) is 0.500. The summed E-state index contributed by atoms with van der Waals surface area (Å²) in [5.41, 5.74) is 6.48. The van der Waals surface area contributed by atoms with Crippen LogP contribution in [0.25, 0.3) is 0 Å². The lowest BCUT2D eigenvalue weighted by atomic mass is 10.1. The zero-order chi connectivity index (χ0) is 13.7. The second-order valence-corrected chi connectivity index (χ2v) is 5.14. The summed E-state index contributed by atoms with van der Waals surface area (Å²) in [6.45, 7) is 1.00. The molecule has 0 bridgehead atoms. The SMILES string of the molecule is Nc1cccc(Cl)c1C(=O)NCCOC1CCCC1. The Hall–Kier alpha value is -1.26. The van der Waals surface area contributed by atoms with Crippen molar-refractivity contribution in [2.45, 2.75) is 31.8 Å². The minimum absolute atomic E-state index is 0.252. The summed E-state index contributed by atoms with van der Waals surface area (Å²) in [6.07, 6.45) is 5.11. The molecule has 0 radical (unpaired) electrons. The number of rotatable bonds is 5. The third-order valence-electron chi connectivity index (χ3n) is 3.32. The lowest BCUT2D eigenvalue weighted by Crippen LogP contribution is -2.29. The van der Waals surface area contributed by atoms with Gasteiger partial charge in [-0.05, 0) is 25.0 Å². The Morgan fingerprint density at radius 1 is 1.42 bits per heavy atom. The average molecular weight is 283 g/mol. The summed E-state index contributed by atoms with van der Waals surface area (Å²) in [7, 11) is 0. The molecule has 1 aliphatic rings. The van der Waals surface area contributed by atoms with E-state index in [1.165, 1.54) is 12.8 Å². The molecule has 19 heavy (non-hydrogen) atoms. The second kappa shape index (κ2) is 6.78. The van der Waals surface area contributed by atoms with Crippen molar-refractivity contribution in [1.82, 2.24) is 5.32 Å². The van der Waals surface area contributed by atoms with Gasteiger partial charge in [0.2, 0.25) is 0 Å². The highest BCUT2D eigenvalue weighted by Crippen LogP contribution is 2.22. The Bertz CT molecular complexity index is 425. The first-order valence-corrected chi connectivity index (χ1v) is 7.00. The summed E-state index contributed by atoms with van der Waals surface area (Å²) >= 11 is 5.97. The van der Waals surface area contributed by atoms with Crippen LogP contribution in [0.1, 0.15) is 36.0 Å². The first kappa shape index (κ1) is 14.2. The molecule has 3 N–H and O–H groups in total. The predicted octanol–water partition coefficient (Wildman–Crippen LogP) is 2.61. The van der Waals surface area contributed by atoms with Gasteiger partial charge in [0.05, 0.1) is 23.3 Å². The smallest absolute Gasteiger partial charge is 0.254 e. The van der Waals surface area contributed by atoms with E-state index in [-0.39, 0.29) is 5.91 Å². The van der Waals surface area contributed by atoms with E-state index in [0.717, 1.165) is 12.8 Å². The molecule has 1 aromatic carbocycles. The van der Waals surface area contributed by atoms with Crippen LogP contribution in [0.5, 0.6) is 0 Å². The number of nitrogens with one attached hydrogen (secondary N) is 1. The largest absolute Gasteiger partial charge is 0.398 e. The third-order valence-corrected chi connectivity index (χ3v) is 3.63. The first-order valence-electron chi connectivity index (χ1n) is 6.62. The molecular formula is C14H19ClN2O2. The van der Waals surface area contributed by atoms with E-state index in [4.69, 9.17) is 22.1 Å². The number of nitrogens with two attached hydrogens (primary N) is 1. The first-order chi connectivity index (χ1) is 9.18. The molecule has 1 saturated carbocycles. The van der Waals surface area contributed by atoms with Crippen molar-refractivity contribution in [2.75, 3.05) is 18.9 Å². The van der Waals surface area contributed by atoms with Crippen LogP contribution in [-0.4, -0.2) is 25.2 Å². The number of halogens is 1. The molecule has 0 unspecified atom stereocenters. The zero-order valence-electron chi connectivity index (χ0n) is 10.8. The number of carbonyl (C=O) groups excluding carboxylic acids is 1. The number of hydrogen-bond donors (Lipinski definition) is 2. The summed E-state index contributed by atoms with van der Waals surface area (Å²) in [4.78, 5) is 12.0. The number of anilines is 1. The number of nitrogen functional groups attached to an aromatic ring is 1. The number of benzene rings is 1. The van der Waals surface area contributed by atoms with Crippen molar-refractivity contribution in [1.29, 1.82) is 0 Å². The number of ether oxygens (including phenoxy) is 1. The van der Waals surface area contributed by atoms with Crippen LogP contribution < -0.4 is 11.1 Å². The normalized spacial score (nSPS) is 15.6. The zero-order valence-corrected chi connectivity index (χ0v) is 11.6. The third kappa shape index (κ3) is 3.85. The van der Waals surface area contributed by atoms with E-state index in [1.54, 1.807) is 18.2 Å². The maximum Gasteiger partial charge on any atom is 0.254 e. The fourth-order valence-corrected chi connectivity index (χ4v) is 2.58. The van der Waals surface area contributed by atoms with Crippen LogP contribution in [0, 0.1) is 0 Å². The summed E-state index contributed by atoms with van der Waals surface area (Å²) in [6, 6.07) is 5.04. The maximum atomic E-state index is 12.0. The van der Waals surface area contributed by atoms with Crippen LogP contribution in [0.2, 0.25) is 5.02 Å². The highest BCUT2D eigenvalue weighted by Gasteiger charge is 2.16. The van der Waals surface area contributed by atoms with Crippen LogP contribution in [0.3, 0.4) is 0 Å². The van der Waals surface area contributed by atoms with Crippen LogP contribution in [0.15, 0.2) is 18.2 Å². The standard InChI is InChI=1S/C14H19ClN2O2/c15-11-6-3-7-12(16)13(11)14(18)17-8-9-19-10-4-1-2-5-10/h3,6-7,10H,1-2,4-5,8-9,16H2,(H,17,18). The molecular weight excluding hydrogens is 264 g/mol. The van der Waals surface area contributed by atoms with Gasteiger partial charge in [-0.25, -0.2) is 0 Å². The van der Waals surface area contributed by atoms with Crippen molar-refractivity contribution in [3.05, 3.63) is 28.8 Å². The Labute approximate surface area is 118 Å². The lowest BCUT2D eigenvalue weighted by molar-refractivity contribution is 0.0582. The van der Waals surface area contributed by atoms with E-state index < -0.39 is 0 Å². The summed E-state index contributed by atoms with van der Waals surface area (Å²) in [5.74, 6) is -0.252. The van der Waals surface area contributed by atoms with Gasteiger partial charge in [0.1, 0.15) is 0 Å². The molecule has 1 aromatic rings. The van der Waals surface area contributed by atoms with Crippen molar-refractivity contribution in [3.63, 3.8) is 0 Å². The molecule has 0 heterocycles. The molecule has 1 aliphatic carbocycles. The summed E-state index contributed by atoms with van der Waals surface area (Å²) < 4.78 is 5.67. The van der Waals surface area contributed by atoms with Crippen molar-refractivity contribution in [3.8, 4) is 0 Å². The van der Waals surface area contributed by atoms with E-state index in [9.17, 15) is 4.79 Å². The van der Waals surface area contributed by atoms with Crippen molar-refractivity contribution in [2.24, 2.45) is 0 Å². The highest BCUT2D eigenvalue weighted by atomic mass is 35.5. The van der Waals surface area contributed by atoms with Gasteiger partial charge in [0.25, 0.3) is 5.91 Å². The summed E-state index contributed by atoms with van der Waals surface area (Å²) in [5, 5.41) is 3.15.